The Balaban J connectivity index is 2.68. The first kappa shape index (κ1) is 18.0. The van der Waals surface area contributed by atoms with Gasteiger partial charge in [-0.2, -0.15) is 5.26 Å². The Labute approximate surface area is 145 Å². The fourth-order valence-electron chi connectivity index (χ4n) is 2.22. The van der Waals surface area contributed by atoms with E-state index in [4.69, 9.17) is 23.2 Å². The van der Waals surface area contributed by atoms with Crippen LogP contribution in [-0.2, 0) is 4.57 Å². The Kier molecular flexibility index (Phi) is 5.20. The zero-order valence-corrected chi connectivity index (χ0v) is 15.6. The smallest absolute Gasteiger partial charge is 0.263 e. The minimum absolute atomic E-state index is 0.0525. The van der Waals surface area contributed by atoms with Gasteiger partial charge in [0.05, 0.1) is 10.7 Å². The van der Waals surface area contributed by atoms with Crippen LogP contribution in [-0.4, -0.2) is 46.9 Å². The van der Waals surface area contributed by atoms with Gasteiger partial charge in [0.1, 0.15) is 6.07 Å². The third-order valence-corrected chi connectivity index (χ3v) is 6.82. The minimum atomic E-state index is -3.16. The highest BCUT2D eigenvalue weighted by Crippen LogP contribution is 2.52. The predicted octanol–water partition coefficient (Wildman–Crippen LogP) is 3.81. The quantitative estimate of drug-likeness (QED) is 0.764. The Hall–Kier alpha value is -1.35. The number of hydrogen-bond donors (Lipinski definition) is 0. The first-order valence-corrected chi connectivity index (χ1v) is 8.95. The van der Waals surface area contributed by atoms with Crippen LogP contribution < -0.4 is 0 Å². The topological polar surface area (TPSA) is 65.2 Å². The Morgan fingerprint density at radius 3 is 2.30 bits per heavy atom. The molecule has 2 aromatic rings. The molecule has 0 fully saturated rings. The van der Waals surface area contributed by atoms with Gasteiger partial charge in [0.2, 0.25) is 5.82 Å². The molecule has 0 aliphatic rings. The van der Waals surface area contributed by atoms with E-state index in [1.54, 1.807) is 61.9 Å². The van der Waals surface area contributed by atoms with Crippen LogP contribution in [0.25, 0.3) is 11.3 Å². The normalized spacial score (nSPS) is 12.0. The molecule has 23 heavy (non-hydrogen) atoms. The third-order valence-electron chi connectivity index (χ3n) is 3.32. The van der Waals surface area contributed by atoms with E-state index in [0.29, 0.717) is 21.3 Å². The van der Waals surface area contributed by atoms with Gasteiger partial charge in [0.25, 0.3) is 0 Å². The first-order valence-electron chi connectivity index (χ1n) is 6.63. The van der Waals surface area contributed by atoms with Gasteiger partial charge < -0.3 is 0 Å². The number of rotatable bonds is 4. The summed E-state index contributed by atoms with van der Waals surface area (Å²) in [6.07, 6.45) is 1.58. The molecule has 2 rings (SSSR count). The summed E-state index contributed by atoms with van der Waals surface area (Å²) in [7, 11) is 3.60. The molecule has 9 heteroatoms. The summed E-state index contributed by atoms with van der Waals surface area (Å²) in [5.74, 6) is 0.0525. The van der Waals surface area contributed by atoms with E-state index in [1.807, 2.05) is 6.07 Å². The van der Waals surface area contributed by atoms with Gasteiger partial charge in [-0.05, 0) is 46.4 Å². The van der Waals surface area contributed by atoms with Crippen LogP contribution in [0, 0.1) is 11.3 Å². The molecule has 0 amide bonds. The largest absolute Gasteiger partial charge is 0.315 e. The van der Waals surface area contributed by atoms with Crippen molar-refractivity contribution in [2.24, 2.45) is 0 Å². The molecule has 0 unspecified atom stereocenters. The lowest BCUT2D eigenvalue weighted by molar-refractivity contribution is 0.436. The highest BCUT2D eigenvalue weighted by atomic mass is 35.5. The van der Waals surface area contributed by atoms with Gasteiger partial charge in [-0.25, -0.2) is 18.7 Å². The molecule has 122 valence electrons. The van der Waals surface area contributed by atoms with Gasteiger partial charge in [-0.1, -0.05) is 23.2 Å². The van der Waals surface area contributed by atoms with E-state index in [9.17, 15) is 9.83 Å². The van der Waals surface area contributed by atoms with Crippen molar-refractivity contribution >= 4 is 30.8 Å². The summed E-state index contributed by atoms with van der Waals surface area (Å²) in [4.78, 5) is 4.27. The van der Waals surface area contributed by atoms with Crippen LogP contribution in [0.1, 0.15) is 5.82 Å². The highest BCUT2D eigenvalue weighted by molar-refractivity contribution is 7.57. The molecule has 1 heterocycles. The number of benzene rings is 1. The Morgan fingerprint density at radius 2 is 1.83 bits per heavy atom. The lowest BCUT2D eigenvalue weighted by atomic mass is 10.2. The summed E-state index contributed by atoms with van der Waals surface area (Å²) in [6.45, 7) is 0. The van der Waals surface area contributed by atoms with Crippen LogP contribution in [0.2, 0.25) is 10.0 Å². The second-order valence-electron chi connectivity index (χ2n) is 5.24. The van der Waals surface area contributed by atoms with Crippen molar-refractivity contribution in [2.75, 3.05) is 28.2 Å². The third kappa shape index (κ3) is 3.16. The average molecular weight is 372 g/mol. The molecule has 1 aromatic heterocycles. The van der Waals surface area contributed by atoms with E-state index in [0.717, 1.165) is 0 Å². The maximum atomic E-state index is 13.3. The van der Waals surface area contributed by atoms with Gasteiger partial charge in [-0.3, -0.25) is 4.57 Å². The van der Waals surface area contributed by atoms with Crippen LogP contribution in [0.15, 0.2) is 24.4 Å². The number of aromatic nitrogens is 2. The minimum Gasteiger partial charge on any atom is -0.263 e. The zero-order valence-electron chi connectivity index (χ0n) is 13.2. The second kappa shape index (κ2) is 6.64. The molecule has 0 saturated heterocycles. The number of imidazole rings is 1. The van der Waals surface area contributed by atoms with Crippen molar-refractivity contribution in [2.45, 2.75) is 0 Å². The van der Waals surface area contributed by atoms with Crippen LogP contribution in [0.3, 0.4) is 0 Å². The zero-order chi connectivity index (χ0) is 17.4. The van der Waals surface area contributed by atoms with E-state index >= 15 is 0 Å². The number of nitrogens with zero attached hydrogens (tertiary/aromatic N) is 5. The molecular weight excluding hydrogens is 356 g/mol. The lowest BCUT2D eigenvalue weighted by Gasteiger charge is -2.31. The number of nitriles is 1. The van der Waals surface area contributed by atoms with Gasteiger partial charge in [0, 0.05) is 16.8 Å². The van der Waals surface area contributed by atoms with Crippen molar-refractivity contribution in [1.82, 2.24) is 18.7 Å². The summed E-state index contributed by atoms with van der Waals surface area (Å²) in [6, 6.07) is 6.99. The summed E-state index contributed by atoms with van der Waals surface area (Å²) >= 11 is 12.1. The molecule has 0 atom stereocenters. The maximum Gasteiger partial charge on any atom is 0.315 e. The van der Waals surface area contributed by atoms with Crippen LogP contribution in [0.4, 0.5) is 0 Å². The molecule has 0 radical (unpaired) electrons. The monoisotopic (exact) mass is 371 g/mol. The second-order valence-corrected chi connectivity index (χ2v) is 9.14. The summed E-state index contributed by atoms with van der Waals surface area (Å²) < 4.78 is 17.9. The van der Waals surface area contributed by atoms with Gasteiger partial charge >= 0.3 is 7.59 Å². The molecule has 0 bridgehead atoms. The molecule has 0 saturated carbocycles. The first-order chi connectivity index (χ1) is 10.7. The van der Waals surface area contributed by atoms with Crippen molar-refractivity contribution in [3.05, 3.63) is 40.3 Å². The van der Waals surface area contributed by atoms with E-state index in [2.05, 4.69) is 4.98 Å². The predicted molar refractivity (Wildman–Crippen MR) is 92.8 cm³/mol. The molecule has 0 N–H and O–H groups in total. The van der Waals surface area contributed by atoms with Crippen molar-refractivity contribution in [1.29, 1.82) is 5.26 Å². The Morgan fingerprint density at radius 1 is 1.22 bits per heavy atom. The molecular formula is C14H16Cl2N5OP. The molecule has 0 aliphatic heterocycles. The summed E-state index contributed by atoms with van der Waals surface area (Å²) in [5.41, 5.74) is 1.09. The van der Waals surface area contributed by atoms with Gasteiger partial charge in [-0.15, -0.1) is 0 Å². The van der Waals surface area contributed by atoms with E-state index < -0.39 is 7.59 Å². The maximum absolute atomic E-state index is 13.3. The lowest BCUT2D eigenvalue weighted by Crippen LogP contribution is -2.26. The van der Waals surface area contributed by atoms with Crippen molar-refractivity contribution < 1.29 is 4.57 Å². The molecule has 1 aromatic carbocycles. The van der Waals surface area contributed by atoms with Crippen molar-refractivity contribution in [3.8, 4) is 17.3 Å². The molecule has 0 aliphatic carbocycles. The van der Waals surface area contributed by atoms with E-state index in [-0.39, 0.29) is 5.82 Å². The van der Waals surface area contributed by atoms with Crippen LogP contribution in [0.5, 0.6) is 0 Å². The van der Waals surface area contributed by atoms with Gasteiger partial charge in [0.15, 0.2) is 0 Å². The van der Waals surface area contributed by atoms with Crippen LogP contribution >= 0.6 is 30.8 Å². The molecule has 0 spiro atoms. The number of hydrogen-bond acceptors (Lipinski definition) is 3. The SMILES string of the molecule is CN(C)P(=O)(N(C)C)n1cc(-c2ccc(Cl)cc2Cl)nc1C#N. The Bertz CT molecular complexity index is 813. The fourth-order valence-corrected chi connectivity index (χ4v) is 4.80. The highest BCUT2D eigenvalue weighted by Gasteiger charge is 2.33. The fraction of sp³-hybridized carbons (Fsp3) is 0.286. The average Bonchev–Trinajstić information content (AvgIpc) is 2.90. The summed E-state index contributed by atoms with van der Waals surface area (Å²) in [5, 5.41) is 10.3. The number of halogens is 2. The molecule has 6 nitrogen and oxygen atoms in total. The van der Waals surface area contributed by atoms with Crippen molar-refractivity contribution in [3.63, 3.8) is 0 Å². The standard InChI is InChI=1S/C14H16Cl2N5OP/c1-19(2)23(22,20(3)4)21-9-13(18-14(21)8-17)11-6-5-10(15)7-12(11)16/h5-7,9H,1-4H3. The van der Waals surface area contributed by atoms with E-state index in [1.165, 1.54) is 4.34 Å².